The molecule has 0 saturated heterocycles. The van der Waals surface area contributed by atoms with Crippen LogP contribution in [-0.2, 0) is 0 Å². The lowest BCUT2D eigenvalue weighted by Crippen LogP contribution is -1.73. The van der Waals surface area contributed by atoms with E-state index < -0.39 is 0 Å². The van der Waals surface area contributed by atoms with Crippen LogP contribution >= 0.6 is 0 Å². The first-order valence-electron chi connectivity index (χ1n) is 5.71. The quantitative estimate of drug-likeness (QED) is 0.369. The van der Waals surface area contributed by atoms with Crippen LogP contribution in [0.5, 0.6) is 0 Å². The van der Waals surface area contributed by atoms with Crippen LogP contribution in [0.15, 0.2) is 24.3 Å². The van der Waals surface area contributed by atoms with E-state index >= 15 is 0 Å². The molecule has 76 valence electrons. The minimum atomic E-state index is 1.11. The lowest BCUT2D eigenvalue weighted by atomic mass is 10.1. The molecule has 0 spiro atoms. The summed E-state index contributed by atoms with van der Waals surface area (Å²) in [7, 11) is 0. The van der Waals surface area contributed by atoms with Crippen LogP contribution in [0.25, 0.3) is 0 Å². The molecule has 0 aliphatic heterocycles. The van der Waals surface area contributed by atoms with Gasteiger partial charge in [-0.05, 0) is 25.7 Å². The van der Waals surface area contributed by atoms with Crippen LogP contribution in [0.4, 0.5) is 0 Å². The summed E-state index contributed by atoms with van der Waals surface area (Å²) in [6, 6.07) is 0. The summed E-state index contributed by atoms with van der Waals surface area (Å²) in [6.45, 7) is 4.43. The summed E-state index contributed by atoms with van der Waals surface area (Å²) in [6.07, 6.45) is 18.1. The van der Waals surface area contributed by atoms with E-state index in [0.29, 0.717) is 0 Å². The maximum atomic E-state index is 2.32. The highest BCUT2D eigenvalue weighted by molar-refractivity contribution is 4.92. The summed E-state index contributed by atoms with van der Waals surface area (Å²) in [5, 5.41) is 0. The zero-order valence-corrected chi connectivity index (χ0v) is 9.26. The molecule has 0 unspecified atom stereocenters. The van der Waals surface area contributed by atoms with Gasteiger partial charge in [0.1, 0.15) is 0 Å². The van der Waals surface area contributed by atoms with E-state index in [0.717, 1.165) is 12.8 Å². The van der Waals surface area contributed by atoms with E-state index in [1.54, 1.807) is 0 Å². The van der Waals surface area contributed by atoms with Crippen LogP contribution < -0.4 is 0 Å². The third-order valence-electron chi connectivity index (χ3n) is 2.07. The minimum absolute atomic E-state index is 1.11. The summed E-state index contributed by atoms with van der Waals surface area (Å²) in [5.41, 5.74) is 0. The minimum Gasteiger partial charge on any atom is -0.0885 e. The Kier molecular flexibility index (Phi) is 11.0. The molecular formula is C13H24. The Morgan fingerprint density at radius 3 is 2.23 bits per heavy atom. The topological polar surface area (TPSA) is 0 Å². The lowest BCUT2D eigenvalue weighted by molar-refractivity contribution is 0.674. The molecule has 0 fully saturated rings. The summed E-state index contributed by atoms with van der Waals surface area (Å²) >= 11 is 0. The second-order valence-corrected chi connectivity index (χ2v) is 3.44. The van der Waals surface area contributed by atoms with Gasteiger partial charge in [-0.3, -0.25) is 0 Å². The molecule has 0 atom stereocenters. The Morgan fingerprint density at radius 2 is 1.54 bits per heavy atom. The van der Waals surface area contributed by atoms with Gasteiger partial charge in [0, 0.05) is 0 Å². The first-order chi connectivity index (χ1) is 6.41. The van der Waals surface area contributed by atoms with E-state index in [9.17, 15) is 0 Å². The Bertz CT molecular complexity index is 131. The number of rotatable bonds is 8. The molecule has 0 saturated carbocycles. The molecule has 0 heteroatoms. The van der Waals surface area contributed by atoms with Crippen molar-refractivity contribution < 1.29 is 0 Å². The fourth-order valence-corrected chi connectivity index (χ4v) is 1.24. The van der Waals surface area contributed by atoms with Gasteiger partial charge in [0.25, 0.3) is 0 Å². The smallest absolute Gasteiger partial charge is 0.0169 e. The zero-order chi connectivity index (χ0) is 9.78. The Hall–Kier alpha value is -0.520. The molecule has 0 aromatic rings. The Labute approximate surface area is 83.7 Å². The van der Waals surface area contributed by atoms with Crippen molar-refractivity contribution in [3.8, 4) is 0 Å². The molecule has 13 heavy (non-hydrogen) atoms. The monoisotopic (exact) mass is 180 g/mol. The van der Waals surface area contributed by atoms with Gasteiger partial charge in [0.05, 0.1) is 0 Å². The SMILES string of the molecule is CCC=CCC=CCCCCCC. The number of hydrogen-bond acceptors (Lipinski definition) is 0. The fourth-order valence-electron chi connectivity index (χ4n) is 1.24. The van der Waals surface area contributed by atoms with Gasteiger partial charge in [-0.25, -0.2) is 0 Å². The second kappa shape index (κ2) is 11.5. The predicted molar refractivity (Wildman–Crippen MR) is 61.9 cm³/mol. The van der Waals surface area contributed by atoms with Crippen LogP contribution in [0.2, 0.25) is 0 Å². The van der Waals surface area contributed by atoms with E-state index in [1.165, 1.54) is 32.1 Å². The Morgan fingerprint density at radius 1 is 0.769 bits per heavy atom. The predicted octanol–water partition coefficient (Wildman–Crippen LogP) is 4.87. The maximum Gasteiger partial charge on any atom is -0.0169 e. The third kappa shape index (κ3) is 11.5. The van der Waals surface area contributed by atoms with Crippen molar-refractivity contribution in [1.82, 2.24) is 0 Å². The van der Waals surface area contributed by atoms with Gasteiger partial charge in [0.2, 0.25) is 0 Å². The second-order valence-electron chi connectivity index (χ2n) is 3.44. The van der Waals surface area contributed by atoms with Gasteiger partial charge < -0.3 is 0 Å². The fraction of sp³-hybridized carbons (Fsp3) is 0.692. The molecule has 0 aromatic carbocycles. The van der Waals surface area contributed by atoms with Crippen molar-refractivity contribution in [1.29, 1.82) is 0 Å². The molecule has 0 radical (unpaired) electrons. The van der Waals surface area contributed by atoms with Crippen LogP contribution in [-0.4, -0.2) is 0 Å². The first-order valence-corrected chi connectivity index (χ1v) is 5.71. The van der Waals surface area contributed by atoms with E-state index in [2.05, 4.69) is 38.2 Å². The van der Waals surface area contributed by atoms with Crippen LogP contribution in [0, 0.1) is 0 Å². The van der Waals surface area contributed by atoms with E-state index in [-0.39, 0.29) is 0 Å². The van der Waals surface area contributed by atoms with Crippen molar-refractivity contribution in [2.75, 3.05) is 0 Å². The van der Waals surface area contributed by atoms with Gasteiger partial charge in [-0.15, -0.1) is 0 Å². The molecule has 0 bridgehead atoms. The normalized spacial score (nSPS) is 11.8. The van der Waals surface area contributed by atoms with Crippen LogP contribution in [0.3, 0.4) is 0 Å². The molecule has 0 nitrogen and oxygen atoms in total. The van der Waals surface area contributed by atoms with E-state index in [4.69, 9.17) is 0 Å². The molecule has 0 heterocycles. The summed E-state index contributed by atoms with van der Waals surface area (Å²) in [4.78, 5) is 0. The lowest BCUT2D eigenvalue weighted by Gasteiger charge is -1.93. The van der Waals surface area contributed by atoms with Crippen molar-refractivity contribution >= 4 is 0 Å². The highest BCUT2D eigenvalue weighted by Crippen LogP contribution is 2.03. The summed E-state index contributed by atoms with van der Waals surface area (Å²) < 4.78 is 0. The zero-order valence-electron chi connectivity index (χ0n) is 9.26. The summed E-state index contributed by atoms with van der Waals surface area (Å²) in [5.74, 6) is 0. The van der Waals surface area contributed by atoms with Gasteiger partial charge >= 0.3 is 0 Å². The van der Waals surface area contributed by atoms with Crippen molar-refractivity contribution in [2.24, 2.45) is 0 Å². The standard InChI is InChI=1S/C13H24/c1-3-5-7-9-11-13-12-10-8-6-4-2/h5,7,11,13H,3-4,6,8-10,12H2,1-2H3. The Balaban J connectivity index is 3.08. The van der Waals surface area contributed by atoms with Gasteiger partial charge in [0.15, 0.2) is 0 Å². The average molecular weight is 180 g/mol. The van der Waals surface area contributed by atoms with Crippen molar-refractivity contribution in [3.05, 3.63) is 24.3 Å². The molecule has 0 aliphatic carbocycles. The molecule has 0 amide bonds. The largest absolute Gasteiger partial charge is 0.0885 e. The molecule has 0 N–H and O–H groups in total. The number of allylic oxidation sites excluding steroid dienone is 4. The molecular weight excluding hydrogens is 156 g/mol. The third-order valence-corrected chi connectivity index (χ3v) is 2.07. The number of unbranched alkanes of at least 4 members (excludes halogenated alkanes) is 4. The highest BCUT2D eigenvalue weighted by atomic mass is 13.9. The first kappa shape index (κ1) is 12.5. The average Bonchev–Trinajstić information content (AvgIpc) is 2.16. The van der Waals surface area contributed by atoms with Crippen LogP contribution in [0.1, 0.15) is 58.8 Å². The van der Waals surface area contributed by atoms with Crippen molar-refractivity contribution in [2.45, 2.75) is 58.8 Å². The van der Waals surface area contributed by atoms with Gasteiger partial charge in [-0.2, -0.15) is 0 Å². The van der Waals surface area contributed by atoms with E-state index in [1.807, 2.05) is 0 Å². The maximum absolute atomic E-state index is 2.32. The molecule has 0 aliphatic rings. The highest BCUT2D eigenvalue weighted by Gasteiger charge is 1.83. The number of hydrogen-bond donors (Lipinski definition) is 0. The molecule has 0 aromatic heterocycles. The van der Waals surface area contributed by atoms with Crippen molar-refractivity contribution in [3.63, 3.8) is 0 Å². The van der Waals surface area contributed by atoms with Gasteiger partial charge in [-0.1, -0.05) is 57.4 Å². The molecule has 0 rings (SSSR count).